The monoisotopic (exact) mass is 374 g/mol. The topological polar surface area (TPSA) is 49.4 Å². The van der Waals surface area contributed by atoms with Gasteiger partial charge in [-0.25, -0.2) is 4.39 Å². The van der Waals surface area contributed by atoms with Crippen LogP contribution in [-0.4, -0.2) is 29.8 Å². The zero-order chi connectivity index (χ0) is 18.5. The third kappa shape index (κ3) is 4.61. The SMILES string of the molecule is O=C(NCc1ccc(F)cc1)[C@@H]1CCCN(C(=O)c2ccc(Cl)cc2)C1. The number of nitrogens with one attached hydrogen (secondary N) is 1. The van der Waals surface area contributed by atoms with Gasteiger partial charge in [-0.3, -0.25) is 9.59 Å². The molecule has 0 aliphatic carbocycles. The van der Waals surface area contributed by atoms with Gasteiger partial charge >= 0.3 is 0 Å². The lowest BCUT2D eigenvalue weighted by Crippen LogP contribution is -2.45. The van der Waals surface area contributed by atoms with Crippen molar-refractivity contribution in [1.82, 2.24) is 10.2 Å². The number of benzene rings is 2. The van der Waals surface area contributed by atoms with Gasteiger partial charge in [0.05, 0.1) is 5.92 Å². The Morgan fingerprint density at radius 3 is 2.50 bits per heavy atom. The molecule has 2 aromatic carbocycles. The van der Waals surface area contributed by atoms with Crippen molar-refractivity contribution in [2.24, 2.45) is 5.92 Å². The normalized spacial score (nSPS) is 17.0. The molecular weight excluding hydrogens is 355 g/mol. The van der Waals surface area contributed by atoms with E-state index in [1.165, 1.54) is 12.1 Å². The first-order valence-corrected chi connectivity index (χ1v) is 8.98. The quantitative estimate of drug-likeness (QED) is 0.888. The fourth-order valence-corrected chi connectivity index (χ4v) is 3.21. The standard InChI is InChI=1S/C20H20ClFN2O2/c21-17-7-5-15(6-8-17)20(26)24-11-1-2-16(13-24)19(25)23-12-14-3-9-18(22)10-4-14/h3-10,16H,1-2,11-13H2,(H,23,25)/t16-/m1/s1. The van der Waals surface area contributed by atoms with Crippen LogP contribution >= 0.6 is 11.6 Å². The molecule has 0 bridgehead atoms. The van der Waals surface area contributed by atoms with E-state index in [9.17, 15) is 14.0 Å². The lowest BCUT2D eigenvalue weighted by atomic mass is 9.96. The summed E-state index contributed by atoms with van der Waals surface area (Å²) in [6.45, 7) is 1.39. The zero-order valence-electron chi connectivity index (χ0n) is 14.3. The van der Waals surface area contributed by atoms with Crippen LogP contribution in [0, 0.1) is 11.7 Å². The first-order valence-electron chi connectivity index (χ1n) is 8.60. The van der Waals surface area contributed by atoms with Gasteiger partial charge in [0.25, 0.3) is 5.91 Å². The van der Waals surface area contributed by atoms with Gasteiger partial charge < -0.3 is 10.2 Å². The number of carbonyl (C=O) groups excluding carboxylic acids is 2. The molecule has 1 aliphatic heterocycles. The largest absolute Gasteiger partial charge is 0.352 e. The molecule has 3 rings (SSSR count). The number of nitrogens with zero attached hydrogens (tertiary/aromatic N) is 1. The molecule has 1 aliphatic rings. The van der Waals surface area contributed by atoms with Crippen molar-refractivity contribution in [1.29, 1.82) is 0 Å². The van der Waals surface area contributed by atoms with Crippen LogP contribution in [0.2, 0.25) is 5.02 Å². The Labute approximate surface area is 157 Å². The molecule has 0 saturated carbocycles. The summed E-state index contributed by atoms with van der Waals surface area (Å²) in [5.74, 6) is -0.704. The van der Waals surface area contributed by atoms with Gasteiger partial charge in [-0.1, -0.05) is 23.7 Å². The van der Waals surface area contributed by atoms with Gasteiger partial charge in [0.1, 0.15) is 5.82 Å². The van der Waals surface area contributed by atoms with Gasteiger partial charge in [-0.15, -0.1) is 0 Å². The molecule has 0 aromatic heterocycles. The zero-order valence-corrected chi connectivity index (χ0v) is 15.0. The van der Waals surface area contributed by atoms with Gasteiger partial charge in [0, 0.05) is 30.2 Å². The van der Waals surface area contributed by atoms with Crippen LogP contribution in [0.4, 0.5) is 4.39 Å². The molecular formula is C20H20ClFN2O2. The fourth-order valence-electron chi connectivity index (χ4n) is 3.09. The molecule has 0 radical (unpaired) electrons. The molecule has 1 saturated heterocycles. The highest BCUT2D eigenvalue weighted by atomic mass is 35.5. The minimum absolute atomic E-state index is 0.0806. The molecule has 6 heteroatoms. The number of hydrogen-bond acceptors (Lipinski definition) is 2. The number of amides is 2. The van der Waals surface area contributed by atoms with Crippen LogP contribution < -0.4 is 5.32 Å². The predicted octanol–water partition coefficient (Wildman–Crippen LogP) is 3.65. The summed E-state index contributed by atoms with van der Waals surface area (Å²) in [6.07, 6.45) is 1.54. The van der Waals surface area contributed by atoms with E-state index in [-0.39, 0.29) is 23.5 Å². The molecule has 0 spiro atoms. The van der Waals surface area contributed by atoms with Crippen LogP contribution in [0.5, 0.6) is 0 Å². The van der Waals surface area contributed by atoms with Crippen LogP contribution in [0.15, 0.2) is 48.5 Å². The molecule has 136 valence electrons. The molecule has 1 atom stereocenters. The molecule has 2 amide bonds. The van der Waals surface area contributed by atoms with E-state index in [2.05, 4.69) is 5.32 Å². The van der Waals surface area contributed by atoms with Crippen LogP contribution in [0.3, 0.4) is 0 Å². The first kappa shape index (κ1) is 18.4. The first-order chi connectivity index (χ1) is 12.5. The summed E-state index contributed by atoms with van der Waals surface area (Å²) in [4.78, 5) is 26.8. The Kier molecular flexibility index (Phi) is 5.89. The number of rotatable bonds is 4. The van der Waals surface area contributed by atoms with E-state index < -0.39 is 0 Å². The lowest BCUT2D eigenvalue weighted by Gasteiger charge is -2.32. The number of hydrogen-bond donors (Lipinski definition) is 1. The molecule has 2 aromatic rings. The van der Waals surface area contributed by atoms with E-state index in [1.807, 2.05) is 0 Å². The van der Waals surface area contributed by atoms with E-state index in [0.29, 0.717) is 30.2 Å². The van der Waals surface area contributed by atoms with Crippen LogP contribution in [-0.2, 0) is 11.3 Å². The second-order valence-electron chi connectivity index (χ2n) is 6.44. The minimum atomic E-state index is -0.302. The maximum absolute atomic E-state index is 12.9. The molecule has 4 nitrogen and oxygen atoms in total. The number of carbonyl (C=O) groups is 2. The third-order valence-electron chi connectivity index (χ3n) is 4.55. The van der Waals surface area contributed by atoms with E-state index in [0.717, 1.165) is 18.4 Å². The summed E-state index contributed by atoms with van der Waals surface area (Å²) < 4.78 is 12.9. The predicted molar refractivity (Wildman–Crippen MR) is 98.3 cm³/mol. The molecule has 1 heterocycles. The van der Waals surface area contributed by atoms with E-state index >= 15 is 0 Å². The van der Waals surface area contributed by atoms with E-state index in [1.54, 1.807) is 41.3 Å². The molecule has 1 fully saturated rings. The highest BCUT2D eigenvalue weighted by molar-refractivity contribution is 6.30. The Hall–Kier alpha value is -2.40. The average Bonchev–Trinajstić information content (AvgIpc) is 2.67. The summed E-state index contributed by atoms with van der Waals surface area (Å²) >= 11 is 5.86. The maximum atomic E-state index is 12.9. The molecule has 26 heavy (non-hydrogen) atoms. The number of piperidine rings is 1. The second kappa shape index (κ2) is 8.32. The summed E-state index contributed by atoms with van der Waals surface area (Å²) in [5.41, 5.74) is 1.41. The van der Waals surface area contributed by atoms with E-state index in [4.69, 9.17) is 11.6 Å². The minimum Gasteiger partial charge on any atom is -0.352 e. The third-order valence-corrected chi connectivity index (χ3v) is 4.80. The average molecular weight is 375 g/mol. The second-order valence-corrected chi connectivity index (χ2v) is 6.88. The Balaban J connectivity index is 1.57. The van der Waals surface area contributed by atoms with Crippen molar-refractivity contribution >= 4 is 23.4 Å². The smallest absolute Gasteiger partial charge is 0.253 e. The van der Waals surface area contributed by atoms with Crippen molar-refractivity contribution < 1.29 is 14.0 Å². The van der Waals surface area contributed by atoms with Crippen molar-refractivity contribution in [3.8, 4) is 0 Å². The van der Waals surface area contributed by atoms with Crippen molar-refractivity contribution in [2.75, 3.05) is 13.1 Å². The highest BCUT2D eigenvalue weighted by Gasteiger charge is 2.28. The molecule has 1 N–H and O–H groups in total. The summed E-state index contributed by atoms with van der Waals surface area (Å²) in [5, 5.41) is 3.46. The van der Waals surface area contributed by atoms with Gasteiger partial charge in [0.15, 0.2) is 0 Å². The highest BCUT2D eigenvalue weighted by Crippen LogP contribution is 2.20. The summed E-state index contributed by atoms with van der Waals surface area (Å²) in [6, 6.07) is 12.8. The van der Waals surface area contributed by atoms with Gasteiger partial charge in [-0.05, 0) is 54.8 Å². The van der Waals surface area contributed by atoms with Crippen molar-refractivity contribution in [3.63, 3.8) is 0 Å². The Morgan fingerprint density at radius 1 is 1.12 bits per heavy atom. The number of likely N-dealkylation sites (tertiary alicyclic amines) is 1. The van der Waals surface area contributed by atoms with Crippen LogP contribution in [0.1, 0.15) is 28.8 Å². The Bertz CT molecular complexity index is 777. The maximum Gasteiger partial charge on any atom is 0.253 e. The van der Waals surface area contributed by atoms with Gasteiger partial charge in [-0.2, -0.15) is 0 Å². The van der Waals surface area contributed by atoms with Crippen LogP contribution in [0.25, 0.3) is 0 Å². The van der Waals surface area contributed by atoms with Crippen molar-refractivity contribution in [3.05, 3.63) is 70.5 Å². The number of halogens is 2. The molecule has 0 unspecified atom stereocenters. The summed E-state index contributed by atoms with van der Waals surface area (Å²) in [7, 11) is 0. The Morgan fingerprint density at radius 2 is 1.81 bits per heavy atom. The van der Waals surface area contributed by atoms with Gasteiger partial charge in [0.2, 0.25) is 5.91 Å². The lowest BCUT2D eigenvalue weighted by molar-refractivity contribution is -0.126. The van der Waals surface area contributed by atoms with Crippen molar-refractivity contribution in [2.45, 2.75) is 19.4 Å². The fraction of sp³-hybridized carbons (Fsp3) is 0.300.